The van der Waals surface area contributed by atoms with Crippen LogP contribution < -0.4 is 21.3 Å². The van der Waals surface area contributed by atoms with Gasteiger partial charge in [-0.3, -0.25) is 0 Å². The summed E-state index contributed by atoms with van der Waals surface area (Å²) in [4.78, 5) is 10.5. The van der Waals surface area contributed by atoms with Crippen molar-refractivity contribution in [2.45, 2.75) is 6.92 Å². The molecule has 7 nitrogen and oxygen atoms in total. The fourth-order valence-corrected chi connectivity index (χ4v) is 2.73. The molecular weight excluding hydrogens is 328 g/mol. The third-order valence-electron chi connectivity index (χ3n) is 3.78. The molecule has 4 N–H and O–H groups in total. The first-order chi connectivity index (χ1) is 11.6. The number of hydrogen-bond acceptors (Lipinski definition) is 7. The van der Waals surface area contributed by atoms with Gasteiger partial charge in [0.1, 0.15) is 5.69 Å². The predicted octanol–water partition coefficient (Wildman–Crippen LogP) is 2.34. The molecule has 0 aliphatic carbocycles. The van der Waals surface area contributed by atoms with Crippen molar-refractivity contribution in [1.82, 2.24) is 9.97 Å². The molecule has 24 heavy (non-hydrogen) atoms. The highest BCUT2D eigenvalue weighted by Gasteiger charge is 2.19. The predicted molar refractivity (Wildman–Crippen MR) is 97.8 cm³/mol. The van der Waals surface area contributed by atoms with Gasteiger partial charge in [0, 0.05) is 18.8 Å². The van der Waals surface area contributed by atoms with Gasteiger partial charge in [-0.25, -0.2) is 0 Å². The maximum atomic E-state index is 6.23. The van der Waals surface area contributed by atoms with E-state index in [0.717, 1.165) is 18.8 Å². The monoisotopic (exact) mass is 348 g/mol. The lowest BCUT2D eigenvalue weighted by molar-refractivity contribution is 0.122. The van der Waals surface area contributed by atoms with Crippen LogP contribution in [0.1, 0.15) is 5.56 Å². The summed E-state index contributed by atoms with van der Waals surface area (Å²) in [5.41, 5.74) is 8.94. The van der Waals surface area contributed by atoms with E-state index < -0.39 is 0 Å². The SMILES string of the molecule is Cc1cccc(NCNc2nc(Cl)nc(N3CCOCC3)c2N)c1. The van der Waals surface area contributed by atoms with Crippen molar-refractivity contribution in [3.05, 3.63) is 35.1 Å². The van der Waals surface area contributed by atoms with Crippen molar-refractivity contribution in [2.75, 3.05) is 54.2 Å². The molecule has 0 saturated carbocycles. The van der Waals surface area contributed by atoms with Crippen LogP contribution in [-0.4, -0.2) is 42.9 Å². The van der Waals surface area contributed by atoms with E-state index in [1.165, 1.54) is 5.56 Å². The molecule has 1 aliphatic heterocycles. The fraction of sp³-hybridized carbons (Fsp3) is 0.375. The average molecular weight is 349 g/mol. The van der Waals surface area contributed by atoms with E-state index in [1.54, 1.807) is 0 Å². The van der Waals surface area contributed by atoms with E-state index in [-0.39, 0.29) is 5.28 Å². The lowest BCUT2D eigenvalue weighted by Gasteiger charge is -2.29. The van der Waals surface area contributed by atoms with E-state index >= 15 is 0 Å². The Kier molecular flexibility index (Phi) is 5.22. The molecule has 128 valence electrons. The minimum absolute atomic E-state index is 0.170. The van der Waals surface area contributed by atoms with Gasteiger partial charge in [0.2, 0.25) is 5.28 Å². The standard InChI is InChI=1S/C16H21ClN6O/c1-11-3-2-4-12(9-11)19-10-20-14-13(18)15(22-16(17)21-14)23-5-7-24-8-6-23/h2-4,9,19H,5-8,10,18H2,1H3,(H,20,21,22). The van der Waals surface area contributed by atoms with Gasteiger partial charge in [-0.1, -0.05) is 12.1 Å². The first kappa shape index (κ1) is 16.6. The number of rotatable bonds is 5. The third-order valence-corrected chi connectivity index (χ3v) is 3.94. The zero-order valence-electron chi connectivity index (χ0n) is 13.6. The summed E-state index contributed by atoms with van der Waals surface area (Å²) in [6, 6.07) is 8.13. The minimum atomic E-state index is 0.170. The van der Waals surface area contributed by atoms with E-state index in [4.69, 9.17) is 22.1 Å². The van der Waals surface area contributed by atoms with Crippen LogP contribution in [0.15, 0.2) is 24.3 Å². The van der Waals surface area contributed by atoms with Gasteiger partial charge in [-0.2, -0.15) is 9.97 Å². The van der Waals surface area contributed by atoms with Crippen molar-refractivity contribution in [3.63, 3.8) is 0 Å². The molecule has 3 rings (SSSR count). The normalized spacial score (nSPS) is 14.5. The molecular formula is C16H21ClN6O. The summed E-state index contributed by atoms with van der Waals surface area (Å²) >= 11 is 6.06. The van der Waals surface area contributed by atoms with E-state index in [9.17, 15) is 0 Å². The van der Waals surface area contributed by atoms with Crippen molar-refractivity contribution in [3.8, 4) is 0 Å². The largest absolute Gasteiger partial charge is 0.393 e. The number of aromatic nitrogens is 2. The van der Waals surface area contributed by atoms with Gasteiger partial charge >= 0.3 is 0 Å². The Balaban J connectivity index is 1.69. The molecule has 1 aliphatic rings. The zero-order chi connectivity index (χ0) is 16.9. The Morgan fingerprint density at radius 2 is 2.04 bits per heavy atom. The number of nitrogens with two attached hydrogens (primary N) is 1. The van der Waals surface area contributed by atoms with Crippen molar-refractivity contribution >= 4 is 34.6 Å². The van der Waals surface area contributed by atoms with Crippen LogP contribution in [-0.2, 0) is 4.74 Å². The maximum Gasteiger partial charge on any atom is 0.226 e. The topological polar surface area (TPSA) is 88.3 Å². The maximum absolute atomic E-state index is 6.23. The Morgan fingerprint density at radius 3 is 2.79 bits per heavy atom. The van der Waals surface area contributed by atoms with Crippen LogP contribution in [0.3, 0.4) is 0 Å². The minimum Gasteiger partial charge on any atom is -0.393 e. The van der Waals surface area contributed by atoms with Crippen molar-refractivity contribution in [1.29, 1.82) is 0 Å². The summed E-state index contributed by atoms with van der Waals surface area (Å²) < 4.78 is 5.36. The molecule has 1 aromatic heterocycles. The van der Waals surface area contributed by atoms with E-state index in [0.29, 0.717) is 37.2 Å². The lowest BCUT2D eigenvalue weighted by atomic mass is 10.2. The quantitative estimate of drug-likeness (QED) is 0.564. The average Bonchev–Trinajstić information content (AvgIpc) is 2.58. The second-order valence-corrected chi connectivity index (χ2v) is 5.92. The number of nitrogens with one attached hydrogen (secondary N) is 2. The second-order valence-electron chi connectivity index (χ2n) is 5.58. The Labute approximate surface area is 146 Å². The Hall–Kier alpha value is -2.25. The van der Waals surface area contributed by atoms with Gasteiger partial charge in [-0.15, -0.1) is 0 Å². The van der Waals surface area contributed by atoms with Crippen LogP contribution in [0.5, 0.6) is 0 Å². The fourth-order valence-electron chi connectivity index (χ4n) is 2.57. The first-order valence-electron chi connectivity index (χ1n) is 7.83. The highest BCUT2D eigenvalue weighted by molar-refractivity contribution is 6.28. The lowest BCUT2D eigenvalue weighted by Crippen LogP contribution is -2.37. The van der Waals surface area contributed by atoms with Crippen molar-refractivity contribution in [2.24, 2.45) is 0 Å². The van der Waals surface area contributed by atoms with Crippen LogP contribution in [0.2, 0.25) is 5.28 Å². The molecule has 8 heteroatoms. The van der Waals surface area contributed by atoms with Gasteiger partial charge in [0.15, 0.2) is 11.6 Å². The second kappa shape index (κ2) is 7.55. The number of aryl methyl sites for hydroxylation is 1. The van der Waals surface area contributed by atoms with Crippen LogP contribution >= 0.6 is 11.6 Å². The number of benzene rings is 1. The highest BCUT2D eigenvalue weighted by Crippen LogP contribution is 2.29. The summed E-state index contributed by atoms with van der Waals surface area (Å²) in [6.07, 6.45) is 0. The molecule has 0 atom stereocenters. The first-order valence-corrected chi connectivity index (χ1v) is 8.21. The van der Waals surface area contributed by atoms with Crippen LogP contribution in [0, 0.1) is 6.92 Å². The summed E-state index contributed by atoms with van der Waals surface area (Å²) in [5.74, 6) is 1.17. The summed E-state index contributed by atoms with van der Waals surface area (Å²) in [5, 5.41) is 6.62. The molecule has 0 bridgehead atoms. The number of nitrogens with zero attached hydrogens (tertiary/aromatic N) is 3. The molecule has 1 fully saturated rings. The number of ether oxygens (including phenoxy) is 1. The number of anilines is 4. The van der Waals surface area contributed by atoms with Gasteiger partial charge in [0.25, 0.3) is 0 Å². The smallest absolute Gasteiger partial charge is 0.226 e. The molecule has 2 heterocycles. The highest BCUT2D eigenvalue weighted by atomic mass is 35.5. The molecule has 1 aromatic carbocycles. The zero-order valence-corrected chi connectivity index (χ0v) is 14.3. The summed E-state index contributed by atoms with van der Waals surface area (Å²) in [7, 11) is 0. The molecule has 0 amide bonds. The number of morpholine rings is 1. The summed E-state index contributed by atoms with van der Waals surface area (Å²) in [6.45, 7) is 5.30. The number of halogens is 1. The van der Waals surface area contributed by atoms with Crippen molar-refractivity contribution < 1.29 is 4.74 Å². The molecule has 0 radical (unpaired) electrons. The molecule has 2 aromatic rings. The number of nitrogen functional groups attached to an aromatic ring is 1. The molecule has 0 unspecified atom stereocenters. The Morgan fingerprint density at radius 1 is 1.25 bits per heavy atom. The molecule has 1 saturated heterocycles. The van der Waals surface area contributed by atoms with Gasteiger partial charge in [-0.05, 0) is 36.2 Å². The Bertz CT molecular complexity index is 705. The van der Waals surface area contributed by atoms with E-state index in [1.807, 2.05) is 12.1 Å². The molecule has 0 spiro atoms. The van der Waals surface area contributed by atoms with Crippen LogP contribution in [0.25, 0.3) is 0 Å². The van der Waals surface area contributed by atoms with Gasteiger partial charge < -0.3 is 26.0 Å². The van der Waals surface area contributed by atoms with Crippen LogP contribution in [0.4, 0.5) is 23.0 Å². The number of hydrogen-bond donors (Lipinski definition) is 3. The van der Waals surface area contributed by atoms with Gasteiger partial charge in [0.05, 0.1) is 19.9 Å². The van der Waals surface area contributed by atoms with E-state index in [2.05, 4.69) is 44.6 Å². The third kappa shape index (κ3) is 3.98.